The summed E-state index contributed by atoms with van der Waals surface area (Å²) in [5, 5.41) is 0.00519. The number of aromatic nitrogens is 1. The number of fused-ring (bicyclic) bond motifs is 1. The molecule has 1 aromatic heterocycles. The fourth-order valence-corrected chi connectivity index (χ4v) is 3.35. The molecule has 1 heterocycles. The van der Waals surface area contributed by atoms with E-state index in [4.69, 9.17) is 9.57 Å². The molecule has 18 heteroatoms. The number of carbonyl (C=O) groups excluding carboxylic acids is 1. The van der Waals surface area contributed by atoms with E-state index < -0.39 is 66.1 Å². The quantitative estimate of drug-likeness (QED) is 0.233. The highest BCUT2D eigenvalue weighted by Crippen LogP contribution is 2.60. The Labute approximate surface area is 225 Å². The van der Waals surface area contributed by atoms with Crippen LogP contribution in [0.25, 0.3) is 10.9 Å². The second-order valence-electron chi connectivity index (χ2n) is 8.53. The maximum Gasteiger partial charge on any atom is 0.460 e. The molecule has 0 bridgehead atoms. The molecule has 0 unspecified atom stereocenters. The van der Waals surface area contributed by atoms with Gasteiger partial charge in [0.25, 0.3) is 5.56 Å². The van der Waals surface area contributed by atoms with Crippen molar-refractivity contribution in [2.24, 2.45) is 0 Å². The van der Waals surface area contributed by atoms with Gasteiger partial charge < -0.3 is 9.57 Å². The largest absolute Gasteiger partial charge is 0.493 e. The van der Waals surface area contributed by atoms with Gasteiger partial charge in [0.2, 0.25) is 0 Å². The topological polar surface area (TPSA) is 57.5 Å². The number of pyridine rings is 1. The van der Waals surface area contributed by atoms with Crippen LogP contribution in [-0.2, 0) is 0 Å². The van der Waals surface area contributed by atoms with Gasteiger partial charge in [-0.2, -0.15) is 57.1 Å². The second-order valence-corrected chi connectivity index (χ2v) is 8.53. The van der Waals surface area contributed by atoms with E-state index in [-0.39, 0.29) is 16.5 Å². The zero-order valence-electron chi connectivity index (χ0n) is 20.2. The molecule has 3 rings (SSSR count). The van der Waals surface area contributed by atoms with Gasteiger partial charge in [0.05, 0.1) is 24.1 Å². The lowest BCUT2D eigenvalue weighted by Gasteiger charge is -2.39. The third kappa shape index (κ3) is 5.45. The summed E-state index contributed by atoms with van der Waals surface area (Å²) in [6.45, 7) is -1.66. The number of hydrogen-bond donors (Lipinski definition) is 0. The first-order valence-corrected chi connectivity index (χ1v) is 11.1. The number of benzene rings is 2. The van der Waals surface area contributed by atoms with Gasteiger partial charge in [0.15, 0.2) is 0 Å². The van der Waals surface area contributed by atoms with E-state index in [2.05, 4.69) is 0 Å². The maximum atomic E-state index is 14.0. The summed E-state index contributed by atoms with van der Waals surface area (Å²) in [6, 6.07) is 12.2. The standard InChI is InChI=1S/C24H14F13NO4/c25-19(26,20(27,28)21(29,30)22(31,32)23(33,34)24(35,36)37)10-11-41-15-7-8-16-14(12-15)6-9-17(39)38(16)42-18(40)13-4-2-1-3-5-13/h1-9,12H,10-11H2. The fraction of sp³-hybridized carbons (Fsp3) is 0.333. The first kappa shape index (κ1) is 32.5. The van der Waals surface area contributed by atoms with Crippen molar-refractivity contribution in [3.05, 3.63) is 76.6 Å². The summed E-state index contributed by atoms with van der Waals surface area (Å²) in [7, 11) is 0. The number of nitrogens with zero attached hydrogens (tertiary/aromatic N) is 1. The summed E-state index contributed by atoms with van der Waals surface area (Å²) in [6.07, 6.45) is -10.0. The average molecular weight is 627 g/mol. The normalized spacial score (nSPS) is 13.7. The van der Waals surface area contributed by atoms with Crippen molar-refractivity contribution < 1.29 is 71.4 Å². The minimum Gasteiger partial charge on any atom is -0.493 e. The summed E-state index contributed by atoms with van der Waals surface area (Å²) < 4.78 is 177. The molecule has 2 aromatic carbocycles. The van der Waals surface area contributed by atoms with Crippen molar-refractivity contribution >= 4 is 16.9 Å². The van der Waals surface area contributed by atoms with Crippen LogP contribution in [-0.4, -0.2) is 53.1 Å². The minimum atomic E-state index is -7.98. The molecule has 0 fully saturated rings. The molecule has 42 heavy (non-hydrogen) atoms. The van der Waals surface area contributed by atoms with Gasteiger partial charge in [-0.1, -0.05) is 18.2 Å². The maximum absolute atomic E-state index is 14.0. The zero-order valence-corrected chi connectivity index (χ0v) is 20.2. The molecule has 230 valence electrons. The number of rotatable bonds is 10. The van der Waals surface area contributed by atoms with E-state index in [0.717, 1.165) is 30.3 Å². The van der Waals surface area contributed by atoms with Crippen molar-refractivity contribution in [3.8, 4) is 5.75 Å². The van der Waals surface area contributed by atoms with Crippen LogP contribution >= 0.6 is 0 Å². The van der Waals surface area contributed by atoms with E-state index in [9.17, 15) is 66.7 Å². The molecular weight excluding hydrogens is 613 g/mol. The Morgan fingerprint density at radius 2 is 1.26 bits per heavy atom. The smallest absolute Gasteiger partial charge is 0.460 e. The van der Waals surface area contributed by atoms with Crippen molar-refractivity contribution in [1.29, 1.82) is 0 Å². The number of hydrogen-bond acceptors (Lipinski definition) is 4. The predicted molar refractivity (Wildman–Crippen MR) is 116 cm³/mol. The lowest BCUT2D eigenvalue weighted by atomic mass is 9.93. The van der Waals surface area contributed by atoms with Crippen LogP contribution in [0.2, 0.25) is 0 Å². The van der Waals surface area contributed by atoms with Crippen LogP contribution in [0.15, 0.2) is 65.5 Å². The Bertz CT molecular complexity index is 1500. The molecule has 0 atom stereocenters. The third-order valence-electron chi connectivity index (χ3n) is 5.69. The molecule has 0 aliphatic heterocycles. The van der Waals surface area contributed by atoms with Crippen LogP contribution in [0.3, 0.4) is 0 Å². The minimum absolute atomic E-state index is 0.00519. The van der Waals surface area contributed by atoms with Crippen molar-refractivity contribution in [2.45, 2.75) is 42.2 Å². The number of carbonyl (C=O) groups is 1. The van der Waals surface area contributed by atoms with Crippen LogP contribution in [0, 0.1) is 0 Å². The van der Waals surface area contributed by atoms with Gasteiger partial charge >= 0.3 is 41.8 Å². The summed E-state index contributed by atoms with van der Waals surface area (Å²) in [4.78, 5) is 29.5. The molecule has 0 N–H and O–H groups in total. The Kier molecular flexibility index (Phi) is 8.28. The molecule has 0 saturated carbocycles. The van der Waals surface area contributed by atoms with E-state index in [1.54, 1.807) is 6.07 Å². The van der Waals surface area contributed by atoms with Crippen LogP contribution < -0.4 is 15.1 Å². The van der Waals surface area contributed by atoms with Gasteiger partial charge in [0.1, 0.15) is 5.75 Å². The monoisotopic (exact) mass is 627 g/mol. The van der Waals surface area contributed by atoms with Gasteiger partial charge in [0, 0.05) is 11.5 Å². The molecule has 3 aromatic rings. The molecule has 0 radical (unpaired) electrons. The first-order chi connectivity index (χ1) is 19.1. The Hall–Kier alpha value is -3.99. The second kappa shape index (κ2) is 10.7. The number of halogens is 13. The first-order valence-electron chi connectivity index (χ1n) is 11.1. The zero-order chi connectivity index (χ0) is 31.9. The van der Waals surface area contributed by atoms with Crippen LogP contribution in [0.1, 0.15) is 16.8 Å². The van der Waals surface area contributed by atoms with Crippen LogP contribution in [0.4, 0.5) is 57.1 Å². The van der Waals surface area contributed by atoms with E-state index >= 15 is 0 Å². The Balaban J connectivity index is 1.79. The van der Waals surface area contributed by atoms with Crippen molar-refractivity contribution in [3.63, 3.8) is 0 Å². The van der Waals surface area contributed by atoms with Crippen molar-refractivity contribution in [1.82, 2.24) is 4.73 Å². The molecule has 5 nitrogen and oxygen atoms in total. The van der Waals surface area contributed by atoms with Gasteiger partial charge in [-0.25, -0.2) is 4.79 Å². The average Bonchev–Trinajstić information content (AvgIpc) is 2.89. The summed E-state index contributed by atoms with van der Waals surface area (Å²) in [5.74, 6) is -38.8. The van der Waals surface area contributed by atoms with E-state index in [0.29, 0.717) is 4.73 Å². The number of alkyl halides is 13. The number of ether oxygens (including phenoxy) is 1. The molecule has 0 amide bonds. The van der Waals surface area contributed by atoms with Gasteiger partial charge in [-0.3, -0.25) is 4.79 Å². The SMILES string of the molecule is O=C(On1c(=O)ccc2cc(OCCC(F)(F)C(F)(F)C(F)(F)C(F)(F)C(F)(F)C(F)(F)F)ccc21)c1ccccc1. The Morgan fingerprint density at radius 1 is 0.690 bits per heavy atom. The van der Waals surface area contributed by atoms with Crippen molar-refractivity contribution in [2.75, 3.05) is 6.61 Å². The van der Waals surface area contributed by atoms with Gasteiger partial charge in [-0.15, -0.1) is 4.73 Å². The van der Waals surface area contributed by atoms with E-state index in [1.807, 2.05) is 0 Å². The summed E-state index contributed by atoms with van der Waals surface area (Å²) in [5.41, 5.74) is -0.913. The van der Waals surface area contributed by atoms with Crippen LogP contribution in [0.5, 0.6) is 5.75 Å². The summed E-state index contributed by atoms with van der Waals surface area (Å²) >= 11 is 0. The molecular formula is C24H14F13NO4. The molecule has 0 spiro atoms. The molecule has 0 saturated heterocycles. The highest BCUT2D eigenvalue weighted by molar-refractivity contribution is 5.90. The van der Waals surface area contributed by atoms with Gasteiger partial charge in [-0.05, 0) is 36.4 Å². The predicted octanol–water partition coefficient (Wildman–Crippen LogP) is 6.78. The lowest BCUT2D eigenvalue weighted by Crippen LogP contribution is -2.70. The fourth-order valence-electron chi connectivity index (χ4n) is 3.35. The highest BCUT2D eigenvalue weighted by atomic mass is 19.4. The van der Waals surface area contributed by atoms with E-state index in [1.165, 1.54) is 24.3 Å². The lowest BCUT2D eigenvalue weighted by molar-refractivity contribution is -0.440. The third-order valence-corrected chi connectivity index (χ3v) is 5.69. The molecule has 0 aliphatic carbocycles. The Morgan fingerprint density at radius 3 is 1.83 bits per heavy atom. The molecule has 0 aliphatic rings. The highest BCUT2D eigenvalue weighted by Gasteiger charge is 2.90.